The molecule has 0 unspecified atom stereocenters. The highest BCUT2D eigenvalue weighted by Gasteiger charge is 2.35. The van der Waals surface area contributed by atoms with E-state index in [1.807, 2.05) is 36.4 Å². The van der Waals surface area contributed by atoms with E-state index in [1.54, 1.807) is 17.0 Å². The molecule has 2 aromatic carbocycles. The van der Waals surface area contributed by atoms with Crippen LogP contribution in [0, 0.1) is 0 Å². The van der Waals surface area contributed by atoms with Crippen molar-refractivity contribution in [3.05, 3.63) is 64.1 Å². The number of Topliss-reactive ketones (excluding diaryl/α,β-unsaturated/α-hetero) is 1. The van der Waals surface area contributed by atoms with Gasteiger partial charge in [-0.2, -0.15) is 0 Å². The first-order valence-electron chi connectivity index (χ1n) is 6.36. The van der Waals surface area contributed by atoms with Gasteiger partial charge in [0, 0.05) is 11.0 Å². The highest BCUT2D eigenvalue weighted by atomic mass is 79.9. The van der Waals surface area contributed by atoms with E-state index in [1.165, 1.54) is 0 Å². The minimum absolute atomic E-state index is 0.416. The first-order valence-corrected chi connectivity index (χ1v) is 7.16. The van der Waals surface area contributed by atoms with Gasteiger partial charge in [-0.15, -0.1) is 0 Å². The van der Waals surface area contributed by atoms with Crippen molar-refractivity contribution in [3.63, 3.8) is 0 Å². The molecule has 1 aliphatic rings. The normalized spacial score (nSPS) is 13.8. The van der Waals surface area contributed by atoms with Gasteiger partial charge in [-0.25, -0.2) is 0 Å². The minimum Gasteiger partial charge on any atom is -0.304 e. The summed E-state index contributed by atoms with van der Waals surface area (Å²) in [7, 11) is 0. The van der Waals surface area contributed by atoms with E-state index in [4.69, 9.17) is 0 Å². The van der Waals surface area contributed by atoms with E-state index in [-0.39, 0.29) is 0 Å². The van der Waals surface area contributed by atoms with Gasteiger partial charge >= 0.3 is 0 Å². The van der Waals surface area contributed by atoms with E-state index in [0.29, 0.717) is 17.8 Å². The molecule has 0 fully saturated rings. The van der Waals surface area contributed by atoms with Crippen LogP contribution in [0.15, 0.2) is 53.0 Å². The smallest absolute Gasteiger partial charge is 0.299 e. The summed E-state index contributed by atoms with van der Waals surface area (Å²) >= 11 is 3.38. The number of halogens is 1. The fourth-order valence-corrected chi connectivity index (χ4v) is 2.72. The second-order valence-electron chi connectivity index (χ2n) is 4.68. The average Bonchev–Trinajstić information content (AvgIpc) is 2.70. The lowest BCUT2D eigenvalue weighted by molar-refractivity contribution is -0.114. The lowest BCUT2D eigenvalue weighted by atomic mass is 10.1. The fourth-order valence-electron chi connectivity index (χ4n) is 2.37. The molecular weight excluding hydrogens is 318 g/mol. The molecule has 0 aromatic heterocycles. The Morgan fingerprint density at radius 1 is 1.00 bits per heavy atom. The Bertz CT molecular complexity index is 682. The standard InChI is InChI=1S/C16H12BrNO2/c17-12-6-7-13-14(10-12)18(16(20)15(13)19)9-8-11-4-2-1-3-5-11/h1-7,10H,8-9H2. The molecule has 0 N–H and O–H groups in total. The zero-order valence-corrected chi connectivity index (χ0v) is 12.3. The number of carbonyl (C=O) groups is 2. The number of ketones is 1. The number of hydrogen-bond donors (Lipinski definition) is 0. The third-order valence-electron chi connectivity index (χ3n) is 3.40. The quantitative estimate of drug-likeness (QED) is 0.811. The Morgan fingerprint density at radius 2 is 1.75 bits per heavy atom. The monoisotopic (exact) mass is 329 g/mol. The van der Waals surface area contributed by atoms with E-state index < -0.39 is 11.7 Å². The van der Waals surface area contributed by atoms with Crippen LogP contribution in [0.2, 0.25) is 0 Å². The lowest BCUT2D eigenvalue weighted by Gasteiger charge is -2.16. The van der Waals surface area contributed by atoms with E-state index >= 15 is 0 Å². The molecule has 20 heavy (non-hydrogen) atoms. The maximum atomic E-state index is 12.1. The third-order valence-corrected chi connectivity index (χ3v) is 3.89. The Kier molecular flexibility index (Phi) is 3.40. The van der Waals surface area contributed by atoms with Crippen molar-refractivity contribution in [3.8, 4) is 0 Å². The van der Waals surface area contributed by atoms with Gasteiger partial charge in [0.1, 0.15) is 0 Å². The predicted molar refractivity (Wildman–Crippen MR) is 81.0 cm³/mol. The number of nitrogens with zero attached hydrogens (tertiary/aromatic N) is 1. The third kappa shape index (κ3) is 2.27. The highest BCUT2D eigenvalue weighted by molar-refractivity contribution is 9.10. The van der Waals surface area contributed by atoms with Gasteiger partial charge in [0.25, 0.3) is 11.7 Å². The number of hydrogen-bond acceptors (Lipinski definition) is 2. The molecule has 0 aliphatic carbocycles. The number of amides is 1. The zero-order valence-electron chi connectivity index (χ0n) is 10.7. The molecule has 4 heteroatoms. The molecular formula is C16H12BrNO2. The summed E-state index contributed by atoms with van der Waals surface area (Å²) in [5, 5.41) is 0. The van der Waals surface area contributed by atoms with Crippen LogP contribution in [0.4, 0.5) is 5.69 Å². The van der Waals surface area contributed by atoms with E-state index in [9.17, 15) is 9.59 Å². The molecule has 0 atom stereocenters. The van der Waals surface area contributed by atoms with Crippen LogP contribution >= 0.6 is 15.9 Å². The first kappa shape index (κ1) is 13.1. The van der Waals surface area contributed by atoms with Crippen molar-refractivity contribution in [2.24, 2.45) is 0 Å². The fraction of sp³-hybridized carbons (Fsp3) is 0.125. The number of carbonyl (C=O) groups excluding carboxylic acids is 2. The molecule has 3 rings (SSSR count). The van der Waals surface area contributed by atoms with E-state index in [2.05, 4.69) is 15.9 Å². The molecule has 2 aromatic rings. The summed E-state index contributed by atoms with van der Waals surface area (Å²) < 4.78 is 0.864. The molecule has 0 radical (unpaired) electrons. The van der Waals surface area contributed by atoms with Crippen LogP contribution in [0.25, 0.3) is 0 Å². The zero-order chi connectivity index (χ0) is 14.1. The van der Waals surface area contributed by atoms with Crippen molar-refractivity contribution in [2.45, 2.75) is 6.42 Å². The summed E-state index contributed by atoms with van der Waals surface area (Å²) in [6.07, 6.45) is 0.728. The maximum Gasteiger partial charge on any atom is 0.299 e. The maximum absolute atomic E-state index is 12.1. The van der Waals surface area contributed by atoms with Crippen LogP contribution in [-0.2, 0) is 11.2 Å². The summed E-state index contributed by atoms with van der Waals surface area (Å²) in [5.74, 6) is -0.852. The van der Waals surface area contributed by atoms with Gasteiger partial charge in [0.15, 0.2) is 0 Å². The molecule has 100 valence electrons. The number of fused-ring (bicyclic) bond motifs is 1. The molecule has 0 saturated carbocycles. The molecule has 0 spiro atoms. The lowest BCUT2D eigenvalue weighted by Crippen LogP contribution is -2.31. The van der Waals surface area contributed by atoms with Crippen LogP contribution in [-0.4, -0.2) is 18.2 Å². The molecule has 1 aliphatic heterocycles. The van der Waals surface area contributed by atoms with Crippen molar-refractivity contribution in [1.29, 1.82) is 0 Å². The highest BCUT2D eigenvalue weighted by Crippen LogP contribution is 2.31. The largest absolute Gasteiger partial charge is 0.304 e. The Morgan fingerprint density at radius 3 is 2.50 bits per heavy atom. The minimum atomic E-state index is -0.436. The summed E-state index contributed by atoms with van der Waals surface area (Å²) in [6.45, 7) is 0.512. The van der Waals surface area contributed by atoms with Gasteiger partial charge in [-0.3, -0.25) is 9.59 Å². The van der Waals surface area contributed by atoms with Crippen molar-refractivity contribution in [2.75, 3.05) is 11.4 Å². The molecule has 3 nitrogen and oxygen atoms in total. The van der Waals surface area contributed by atoms with E-state index in [0.717, 1.165) is 16.5 Å². The second kappa shape index (κ2) is 5.21. The van der Waals surface area contributed by atoms with Crippen LogP contribution in [0.1, 0.15) is 15.9 Å². The van der Waals surface area contributed by atoms with Crippen LogP contribution in [0.5, 0.6) is 0 Å². The number of rotatable bonds is 3. The summed E-state index contributed by atoms with van der Waals surface area (Å²) in [4.78, 5) is 25.5. The van der Waals surface area contributed by atoms with Gasteiger partial charge in [-0.05, 0) is 30.2 Å². The Hall–Kier alpha value is -1.94. The first-order chi connectivity index (χ1) is 9.66. The topological polar surface area (TPSA) is 37.4 Å². The van der Waals surface area contributed by atoms with Crippen molar-refractivity contribution in [1.82, 2.24) is 0 Å². The van der Waals surface area contributed by atoms with Crippen molar-refractivity contribution < 1.29 is 9.59 Å². The van der Waals surface area contributed by atoms with Crippen molar-refractivity contribution >= 4 is 33.3 Å². The molecule has 1 heterocycles. The molecule has 0 saturated heterocycles. The predicted octanol–water partition coefficient (Wildman–Crippen LogP) is 3.22. The SMILES string of the molecule is O=C1C(=O)N(CCc2ccccc2)c2cc(Br)ccc21. The van der Waals surface area contributed by atoms with Gasteiger partial charge in [0.2, 0.25) is 0 Å². The average molecular weight is 330 g/mol. The van der Waals surface area contributed by atoms with Gasteiger partial charge in [0.05, 0.1) is 11.3 Å². The summed E-state index contributed by atoms with van der Waals surface area (Å²) in [6, 6.07) is 15.2. The second-order valence-corrected chi connectivity index (χ2v) is 5.60. The molecule has 1 amide bonds. The number of benzene rings is 2. The van der Waals surface area contributed by atoms with Crippen LogP contribution in [0.3, 0.4) is 0 Å². The van der Waals surface area contributed by atoms with Gasteiger partial charge < -0.3 is 4.90 Å². The number of anilines is 1. The van der Waals surface area contributed by atoms with Crippen LogP contribution < -0.4 is 4.90 Å². The van der Waals surface area contributed by atoms with Gasteiger partial charge in [-0.1, -0.05) is 46.3 Å². The molecule has 0 bridgehead atoms. The Balaban J connectivity index is 1.86. The Labute approximate surface area is 125 Å². The summed E-state index contributed by atoms with van der Waals surface area (Å²) in [5.41, 5.74) is 2.34.